The monoisotopic (exact) mass is 404 g/mol. The molecule has 0 saturated carbocycles. The third-order valence-electron chi connectivity index (χ3n) is 4.48. The van der Waals surface area contributed by atoms with E-state index < -0.39 is 26.9 Å². The molecular weight excluding hydrogens is 376 g/mol. The summed E-state index contributed by atoms with van der Waals surface area (Å²) in [4.78, 5) is 5.58. The van der Waals surface area contributed by atoms with Gasteiger partial charge in [-0.2, -0.15) is 5.06 Å². The van der Waals surface area contributed by atoms with Crippen molar-refractivity contribution in [3.63, 3.8) is 0 Å². The maximum atomic E-state index is 12.9. The summed E-state index contributed by atoms with van der Waals surface area (Å²) in [7, 11) is -1.81. The Balaban J connectivity index is 1.80. The number of nitrogens with zero attached hydrogens (tertiary/aromatic N) is 1. The quantitative estimate of drug-likeness (QED) is 0.800. The second-order valence-electron chi connectivity index (χ2n) is 8.07. The van der Waals surface area contributed by atoms with Gasteiger partial charge < -0.3 is 4.74 Å². The minimum Gasteiger partial charge on any atom is -0.489 e. The zero-order valence-corrected chi connectivity index (χ0v) is 17.6. The lowest BCUT2D eigenvalue weighted by Gasteiger charge is -2.27. The van der Waals surface area contributed by atoms with Crippen LogP contribution in [-0.2, 0) is 21.5 Å². The van der Waals surface area contributed by atoms with Gasteiger partial charge in [0.05, 0.1) is 12.6 Å². The summed E-state index contributed by atoms with van der Waals surface area (Å²) in [6, 6.07) is 17.0. The summed E-state index contributed by atoms with van der Waals surface area (Å²) >= 11 is 0. The molecule has 0 unspecified atom stereocenters. The number of benzene rings is 2. The summed E-state index contributed by atoms with van der Waals surface area (Å²) in [6.07, 6.45) is 0. The molecule has 1 aliphatic rings. The number of nitrogens with one attached hydrogen (secondary N) is 1. The Morgan fingerprint density at radius 1 is 1.14 bits per heavy atom. The van der Waals surface area contributed by atoms with Gasteiger partial charge in [-0.3, -0.25) is 4.84 Å². The highest BCUT2D eigenvalue weighted by Crippen LogP contribution is 2.35. The molecular formula is C21H28N2O4S. The van der Waals surface area contributed by atoms with Gasteiger partial charge in [0.1, 0.15) is 17.6 Å². The minimum absolute atomic E-state index is 0.113. The minimum atomic E-state index is -3.57. The molecule has 2 atom stereocenters. The zero-order chi connectivity index (χ0) is 20.4. The average molecular weight is 405 g/mol. The molecule has 28 heavy (non-hydrogen) atoms. The molecule has 6 nitrogen and oxygen atoms in total. The van der Waals surface area contributed by atoms with E-state index in [-0.39, 0.29) is 6.61 Å². The first-order chi connectivity index (χ1) is 13.2. The topological polar surface area (TPSA) is 67.9 Å². The lowest BCUT2D eigenvalue weighted by molar-refractivity contribution is -0.110. The molecule has 1 heterocycles. The number of ether oxygens (including phenoxy) is 1. The summed E-state index contributed by atoms with van der Waals surface area (Å²) in [5.41, 5.74) is 1.37. The van der Waals surface area contributed by atoms with E-state index in [0.29, 0.717) is 12.4 Å². The molecule has 0 radical (unpaired) electrons. The first kappa shape index (κ1) is 20.8. The molecule has 0 amide bonds. The Hall–Kier alpha value is -1.93. The molecule has 1 aliphatic heterocycles. The largest absolute Gasteiger partial charge is 0.489 e. The van der Waals surface area contributed by atoms with Gasteiger partial charge in [0, 0.05) is 12.6 Å². The molecule has 2 aromatic carbocycles. The van der Waals surface area contributed by atoms with Crippen molar-refractivity contribution in [3.05, 3.63) is 65.7 Å². The van der Waals surface area contributed by atoms with Crippen LogP contribution in [0.25, 0.3) is 0 Å². The Bertz CT molecular complexity index is 894. The van der Waals surface area contributed by atoms with Crippen LogP contribution in [0, 0.1) is 0 Å². The van der Waals surface area contributed by atoms with E-state index in [9.17, 15) is 8.42 Å². The molecule has 7 heteroatoms. The molecule has 2 aromatic rings. The maximum absolute atomic E-state index is 12.9. The van der Waals surface area contributed by atoms with Gasteiger partial charge in [-0.1, -0.05) is 42.5 Å². The van der Waals surface area contributed by atoms with Crippen LogP contribution in [0.5, 0.6) is 5.75 Å². The summed E-state index contributed by atoms with van der Waals surface area (Å²) < 4.78 is 34.5. The summed E-state index contributed by atoms with van der Waals surface area (Å²) in [5, 5.41) is 0.907. The van der Waals surface area contributed by atoms with Crippen LogP contribution in [0.15, 0.2) is 54.6 Å². The summed E-state index contributed by atoms with van der Waals surface area (Å²) in [5.74, 6) is 0.696. The molecule has 1 N–H and O–H groups in total. The Labute approximate surface area is 167 Å². The van der Waals surface area contributed by atoms with E-state index in [0.717, 1.165) is 11.1 Å². The van der Waals surface area contributed by atoms with Crippen molar-refractivity contribution in [2.45, 2.75) is 44.2 Å². The highest BCUT2D eigenvalue weighted by atomic mass is 32.2. The van der Waals surface area contributed by atoms with Crippen LogP contribution in [0.4, 0.5) is 0 Å². The van der Waals surface area contributed by atoms with Gasteiger partial charge in [0.15, 0.2) is 0 Å². The van der Waals surface area contributed by atoms with E-state index in [1.54, 1.807) is 12.1 Å². The van der Waals surface area contributed by atoms with Crippen LogP contribution in [0.1, 0.15) is 37.9 Å². The van der Waals surface area contributed by atoms with E-state index in [1.165, 1.54) is 0 Å². The van der Waals surface area contributed by atoms with E-state index >= 15 is 0 Å². The lowest BCUT2D eigenvalue weighted by Crippen LogP contribution is -2.47. The number of hydroxylamine groups is 2. The molecule has 1 fully saturated rings. The smallest absolute Gasteiger partial charge is 0.219 e. The Morgan fingerprint density at radius 2 is 1.86 bits per heavy atom. The molecule has 0 aliphatic carbocycles. The van der Waals surface area contributed by atoms with Gasteiger partial charge in [-0.05, 0) is 44.0 Å². The normalized spacial score (nSPS) is 21.0. The van der Waals surface area contributed by atoms with Crippen LogP contribution in [0.2, 0.25) is 0 Å². The van der Waals surface area contributed by atoms with E-state index in [1.807, 2.05) is 75.4 Å². The lowest BCUT2D eigenvalue weighted by atomic mass is 10.0. The van der Waals surface area contributed by atoms with E-state index in [2.05, 4.69) is 4.72 Å². The third-order valence-corrected chi connectivity index (χ3v) is 6.57. The predicted octanol–water partition coefficient (Wildman–Crippen LogP) is 3.27. The van der Waals surface area contributed by atoms with Crippen molar-refractivity contribution in [3.8, 4) is 5.75 Å². The predicted molar refractivity (Wildman–Crippen MR) is 109 cm³/mol. The fourth-order valence-electron chi connectivity index (χ4n) is 3.31. The first-order valence-electron chi connectivity index (χ1n) is 9.31. The van der Waals surface area contributed by atoms with Gasteiger partial charge in [0.25, 0.3) is 0 Å². The fraction of sp³-hybridized carbons (Fsp3) is 0.429. The highest BCUT2D eigenvalue weighted by Gasteiger charge is 2.44. The SMILES string of the molecule is CN1OC[C@H](S(=O)(=O)NC(C)(C)C)[C@@H]1c1cccc(OCc2ccccc2)c1. The molecule has 3 rings (SSSR count). The van der Waals surface area contributed by atoms with Crippen LogP contribution in [0.3, 0.4) is 0 Å². The van der Waals surface area contributed by atoms with E-state index in [4.69, 9.17) is 9.57 Å². The highest BCUT2D eigenvalue weighted by molar-refractivity contribution is 7.90. The van der Waals surface area contributed by atoms with Gasteiger partial charge >= 0.3 is 0 Å². The van der Waals surface area contributed by atoms with Gasteiger partial charge in [0.2, 0.25) is 10.0 Å². The van der Waals surface area contributed by atoms with Crippen molar-refractivity contribution < 1.29 is 18.0 Å². The average Bonchev–Trinajstić information content (AvgIpc) is 3.02. The van der Waals surface area contributed by atoms with Crippen molar-refractivity contribution in [2.24, 2.45) is 0 Å². The van der Waals surface area contributed by atoms with Crippen LogP contribution < -0.4 is 9.46 Å². The second-order valence-corrected chi connectivity index (χ2v) is 9.97. The molecule has 1 saturated heterocycles. The molecule has 0 bridgehead atoms. The van der Waals surface area contributed by atoms with Crippen LogP contribution >= 0.6 is 0 Å². The number of rotatable bonds is 6. The zero-order valence-electron chi connectivity index (χ0n) is 16.8. The fourth-order valence-corrected chi connectivity index (χ4v) is 5.23. The molecule has 0 aromatic heterocycles. The van der Waals surface area contributed by atoms with Crippen LogP contribution in [-0.4, -0.2) is 37.9 Å². The van der Waals surface area contributed by atoms with Crippen molar-refractivity contribution >= 4 is 10.0 Å². The Kier molecular flexibility index (Phi) is 6.09. The third kappa shape index (κ3) is 5.11. The van der Waals surface area contributed by atoms with Crippen molar-refractivity contribution in [1.82, 2.24) is 9.79 Å². The number of hydrogen-bond acceptors (Lipinski definition) is 5. The number of hydrogen-bond donors (Lipinski definition) is 1. The Morgan fingerprint density at radius 3 is 2.54 bits per heavy atom. The van der Waals surface area contributed by atoms with Crippen molar-refractivity contribution in [1.29, 1.82) is 0 Å². The molecule has 152 valence electrons. The first-order valence-corrected chi connectivity index (χ1v) is 10.9. The second kappa shape index (κ2) is 8.21. The van der Waals surface area contributed by atoms with Gasteiger partial charge in [-0.25, -0.2) is 13.1 Å². The molecule has 0 spiro atoms. The van der Waals surface area contributed by atoms with Crippen molar-refractivity contribution in [2.75, 3.05) is 13.7 Å². The summed E-state index contributed by atoms with van der Waals surface area (Å²) in [6.45, 7) is 6.06. The number of sulfonamides is 1. The standard InChI is InChI=1S/C21H28N2O4S/c1-21(2,3)22-28(24,25)19-15-27-23(4)20(19)17-11-8-12-18(13-17)26-14-16-9-6-5-7-10-16/h5-13,19-20,22H,14-15H2,1-4H3/t19-,20-/m0/s1. The van der Waals surface area contributed by atoms with Gasteiger partial charge in [-0.15, -0.1) is 0 Å². The maximum Gasteiger partial charge on any atom is 0.219 e.